The zero-order valence-electron chi connectivity index (χ0n) is 73.5. The molecule has 0 unspecified atom stereocenters. The van der Waals surface area contributed by atoms with E-state index < -0.39 is 79.1 Å². The minimum Gasteiger partial charge on any atom is -0.423 e. The first-order valence-electron chi connectivity index (χ1n) is 41.8. The van der Waals surface area contributed by atoms with Crippen molar-refractivity contribution in [3.05, 3.63) is 448 Å². The summed E-state index contributed by atoms with van der Waals surface area (Å²) in [5, 5.41) is 52.4. The van der Waals surface area contributed by atoms with Gasteiger partial charge in [0.05, 0.1) is 46.2 Å². The Kier molecular flexibility index (Phi) is 37.7. The molecular weight excluding hydrogens is 2000 g/mol. The second kappa shape index (κ2) is 48.7. The van der Waals surface area contributed by atoms with Crippen LogP contribution in [0.1, 0.15) is 62.4 Å². The Bertz CT molecular complexity index is 5970. The van der Waals surface area contributed by atoms with Crippen LogP contribution in [0.25, 0.3) is 10.4 Å². The number of hydrogen-bond donors (Lipinski definition) is 4. The number of nitrogens with two attached hydrogens (primary N) is 2. The molecule has 6 N–H and O–H groups in total. The van der Waals surface area contributed by atoms with Crippen molar-refractivity contribution in [1.29, 1.82) is 10.5 Å². The van der Waals surface area contributed by atoms with E-state index in [0.717, 1.165) is 14.2 Å². The van der Waals surface area contributed by atoms with Crippen molar-refractivity contribution >= 4 is 201 Å². The zero-order valence-corrected chi connectivity index (χ0v) is 85.0. The van der Waals surface area contributed by atoms with E-state index in [1.807, 2.05) is 12.1 Å². The van der Waals surface area contributed by atoms with E-state index in [-0.39, 0.29) is 49.1 Å². The molecular formula is C106H96BBrCl2N8O6P4PdS4. The molecule has 0 fully saturated rings. The van der Waals surface area contributed by atoms with Crippen LogP contribution < -0.4 is 80.6 Å². The maximum absolute atomic E-state index is 12.7. The fraction of sp³-hybridized carbons (Fsp3) is 0.113. The van der Waals surface area contributed by atoms with E-state index in [4.69, 9.17) is 55.2 Å². The average Bonchev–Trinajstić information content (AvgIpc) is 1.72. The molecule has 2 atom stereocenters. The number of hydrogen-bond acceptors (Lipinski definition) is 16. The number of sulfone groups is 2. The van der Waals surface area contributed by atoms with Crippen LogP contribution in [0.2, 0.25) is 10.0 Å². The van der Waals surface area contributed by atoms with Crippen LogP contribution in [-0.4, -0.2) is 76.6 Å². The fourth-order valence-electron chi connectivity index (χ4n) is 14.1. The molecule has 0 spiro atoms. The van der Waals surface area contributed by atoms with E-state index in [1.165, 1.54) is 111 Å². The number of aromatic nitrogens is 2. The van der Waals surface area contributed by atoms with Crippen LogP contribution in [0.3, 0.4) is 0 Å². The number of rotatable bonds is 16. The van der Waals surface area contributed by atoms with Gasteiger partial charge in [0.2, 0.25) is 0 Å². The summed E-state index contributed by atoms with van der Waals surface area (Å²) in [5.41, 5.74) is 11.6. The summed E-state index contributed by atoms with van der Waals surface area (Å²) in [6.07, 6.45) is 5.76. The Hall–Kier alpha value is -10.4. The monoisotopic (exact) mass is 2090 g/mol. The van der Waals surface area contributed by atoms with Crippen LogP contribution >= 0.6 is 93.5 Å². The fourth-order valence-corrected chi connectivity index (χ4v) is 30.7. The smallest absolute Gasteiger partial charge is 0.423 e. The van der Waals surface area contributed by atoms with E-state index in [0.29, 0.717) is 30.9 Å². The summed E-state index contributed by atoms with van der Waals surface area (Å²) in [6, 6.07) is 140. The molecule has 133 heavy (non-hydrogen) atoms. The third-order valence-corrected chi connectivity index (χ3v) is 40.6. The molecule has 12 aromatic carbocycles. The Morgan fingerprint density at radius 3 is 0.805 bits per heavy atom. The van der Waals surface area contributed by atoms with E-state index in [1.54, 1.807) is 65.9 Å². The van der Waals surface area contributed by atoms with Gasteiger partial charge < -0.3 is 21.5 Å². The van der Waals surface area contributed by atoms with Gasteiger partial charge in [-0.1, -0.05) is 387 Å². The number of thiophene rings is 2. The Balaban J connectivity index is 0.000000151. The predicted molar refractivity (Wildman–Crippen MR) is 567 cm³/mol. The summed E-state index contributed by atoms with van der Waals surface area (Å²) in [6.45, 7) is 9.73. The van der Waals surface area contributed by atoms with Crippen LogP contribution in [0.5, 0.6) is 0 Å². The van der Waals surface area contributed by atoms with Gasteiger partial charge in [-0.25, -0.2) is 16.8 Å². The van der Waals surface area contributed by atoms with Crippen molar-refractivity contribution in [2.75, 3.05) is 11.5 Å². The number of amidine groups is 2. The number of nitrogens with zero attached hydrogens (tertiary/aromatic N) is 6. The topological polar surface area (TPSA) is 259 Å². The Morgan fingerprint density at radius 1 is 0.361 bits per heavy atom. The van der Waals surface area contributed by atoms with Crippen molar-refractivity contribution in [3.8, 4) is 22.6 Å². The molecule has 6 heterocycles. The summed E-state index contributed by atoms with van der Waals surface area (Å²) in [4.78, 5) is 18.7. The molecule has 2 aliphatic rings. The van der Waals surface area contributed by atoms with Gasteiger partial charge in [0, 0.05) is 61.1 Å². The van der Waals surface area contributed by atoms with Crippen molar-refractivity contribution in [1.82, 2.24) is 9.97 Å². The molecule has 0 amide bonds. The number of pyridine rings is 2. The quantitative estimate of drug-likeness (QED) is 0.0520. The summed E-state index contributed by atoms with van der Waals surface area (Å²) >= 11 is 18.6. The van der Waals surface area contributed by atoms with Crippen LogP contribution in [-0.2, 0) is 51.2 Å². The second-order valence-corrected chi connectivity index (χ2v) is 49.8. The SMILES string of the molecule is CC1(C)C(N)=N[C@](C)(c2sc(-c3cncc(C#N)c3)cc2Cl)CS1(=O)=O.CC1(C)C(N)=N[C@](C)(c2sc(Br)cc2Cl)CS1(=O)=O.N#Cc1cncc(B(O)O)c1.[Pd].c1ccc(P(c2ccccc2)c2ccccc2)cc1.c1ccc(P(c2ccccc2)c2ccccc2)cc1.c1ccc(P(c2ccccc2)c2ccccc2)cc1.c1ccc(P(c2ccccc2)c2ccccc2)cc1. The van der Waals surface area contributed by atoms with Crippen molar-refractivity contribution in [2.45, 2.75) is 62.1 Å². The molecule has 0 bridgehead atoms. The minimum atomic E-state index is -3.51. The van der Waals surface area contributed by atoms with Gasteiger partial charge in [0.15, 0.2) is 19.7 Å². The van der Waals surface area contributed by atoms with E-state index in [2.05, 4.69) is 400 Å². The van der Waals surface area contributed by atoms with Crippen molar-refractivity contribution < 1.29 is 47.3 Å². The first-order chi connectivity index (χ1) is 63.5. The van der Waals surface area contributed by atoms with Gasteiger partial charge >= 0.3 is 7.12 Å². The molecule has 0 aliphatic carbocycles. The third kappa shape index (κ3) is 27.0. The molecule has 0 saturated carbocycles. The molecule has 16 aromatic rings. The van der Waals surface area contributed by atoms with Gasteiger partial charge in [-0.3, -0.25) is 20.0 Å². The molecule has 0 saturated heterocycles. The van der Waals surface area contributed by atoms with Crippen molar-refractivity contribution in [2.24, 2.45) is 21.5 Å². The van der Waals surface area contributed by atoms with Gasteiger partial charge in [0.25, 0.3) is 0 Å². The first-order valence-corrected chi connectivity index (χ1v) is 53.7. The largest absolute Gasteiger partial charge is 0.490 e. The molecule has 2 aliphatic heterocycles. The minimum absolute atomic E-state index is 0. The predicted octanol–water partition coefficient (Wildman–Crippen LogP) is 18.5. The summed E-state index contributed by atoms with van der Waals surface area (Å²) < 4.78 is 48.8. The Morgan fingerprint density at radius 2 is 0.586 bits per heavy atom. The van der Waals surface area contributed by atoms with Gasteiger partial charge in [-0.2, -0.15) is 10.5 Å². The molecule has 4 aromatic heterocycles. The second-order valence-electron chi connectivity index (χ2n) is 31.5. The number of halogens is 3. The van der Waals surface area contributed by atoms with Gasteiger partial charge in [-0.05, 0) is 177 Å². The van der Waals surface area contributed by atoms with Gasteiger partial charge in [0.1, 0.15) is 44.4 Å². The van der Waals surface area contributed by atoms with Gasteiger partial charge in [-0.15, -0.1) is 22.7 Å². The molecule has 27 heteroatoms. The summed E-state index contributed by atoms with van der Waals surface area (Å²) in [5.74, 6) is -0.0724. The van der Waals surface area contributed by atoms with Crippen LogP contribution in [0.4, 0.5) is 0 Å². The standard InChI is InChI=1S/4C18H15P.C17H17ClN4O2S2.C11H14BrClN2O2S2.C6H5BN2O2.Pd/c4*1-4-10-16(11-5-1)19(17-12-6-2-7-13-17)18-14-8-3-9-15-18;1-16(2)15(20)22-17(3,9-26(16,23)24)14-12(18)5-13(25-14)11-4-10(6-19)7-21-8-11;1-10(2)9(14)15-11(3,5-19(10,16)17)8-6(13)4-7(12)18-8;8-2-5-1-6(7(10)11)4-9-3-5;/h4*1-15H;4-5,7-8H,9H2,1-3H3,(H2,20,22);4H,5H2,1-3H3,(H2,14,15);1,3-4,10-11H;/t;;;;17-;11-;;/m....00../s1. The van der Waals surface area contributed by atoms with E-state index >= 15 is 0 Å². The third-order valence-electron chi connectivity index (χ3n) is 21.3. The first kappa shape index (κ1) is 103. The van der Waals surface area contributed by atoms with Crippen LogP contribution in [0.15, 0.2) is 427 Å². The average molecular weight is 2100 g/mol. The zero-order chi connectivity index (χ0) is 93.9. The maximum atomic E-state index is 12.7. The molecule has 18 rings (SSSR count). The summed E-state index contributed by atoms with van der Waals surface area (Å²) in [7, 11) is -10.3. The maximum Gasteiger partial charge on any atom is 0.490 e. The van der Waals surface area contributed by atoms with Crippen molar-refractivity contribution in [3.63, 3.8) is 0 Å². The molecule has 0 radical (unpaired) electrons. The number of benzene rings is 12. The molecule has 14 nitrogen and oxygen atoms in total. The number of aliphatic imine (C=N–C) groups is 2. The normalized spacial score (nSPS) is 15.6. The Labute approximate surface area is 826 Å². The number of nitriles is 2. The van der Waals surface area contributed by atoms with E-state index in [9.17, 15) is 16.8 Å². The van der Waals surface area contributed by atoms with Crippen LogP contribution in [0, 0.1) is 22.7 Å². The molecule has 674 valence electrons.